The van der Waals surface area contributed by atoms with Gasteiger partial charge in [0.1, 0.15) is 5.82 Å². The molecule has 0 spiro atoms. The molecule has 3 rings (SSSR count). The lowest BCUT2D eigenvalue weighted by atomic mass is 10.2. The van der Waals surface area contributed by atoms with Crippen molar-refractivity contribution in [1.82, 2.24) is 9.88 Å². The number of nitrogens with zero attached hydrogens (tertiary/aromatic N) is 3. The van der Waals surface area contributed by atoms with Crippen LogP contribution in [0.5, 0.6) is 0 Å². The van der Waals surface area contributed by atoms with E-state index in [-0.39, 0.29) is 0 Å². The number of nitrogens with one attached hydrogen (secondary N) is 1. The molecule has 0 radical (unpaired) electrons. The molecule has 1 aliphatic heterocycles. The largest absolute Gasteiger partial charge is 0.373 e. The molecule has 4 heteroatoms. The topological polar surface area (TPSA) is 31.4 Å². The zero-order valence-electron chi connectivity index (χ0n) is 11.1. The molecule has 1 aromatic rings. The highest BCUT2D eigenvalue weighted by Crippen LogP contribution is 2.30. The van der Waals surface area contributed by atoms with E-state index in [2.05, 4.69) is 32.2 Å². The van der Waals surface area contributed by atoms with Crippen molar-refractivity contribution in [2.24, 2.45) is 5.92 Å². The van der Waals surface area contributed by atoms with E-state index < -0.39 is 0 Å². The lowest BCUT2D eigenvalue weighted by Crippen LogP contribution is -2.47. The van der Waals surface area contributed by atoms with Gasteiger partial charge in [-0.1, -0.05) is 0 Å². The molecule has 18 heavy (non-hydrogen) atoms. The van der Waals surface area contributed by atoms with Crippen molar-refractivity contribution < 1.29 is 0 Å². The molecular weight excluding hydrogens is 224 g/mol. The molecule has 1 N–H and O–H groups in total. The Bertz CT molecular complexity index is 395. The van der Waals surface area contributed by atoms with Crippen LogP contribution in [0.2, 0.25) is 0 Å². The normalized spacial score (nSPS) is 21.1. The third-order valence-corrected chi connectivity index (χ3v) is 3.95. The lowest BCUT2D eigenvalue weighted by Gasteiger charge is -2.36. The average molecular weight is 246 g/mol. The summed E-state index contributed by atoms with van der Waals surface area (Å²) in [6.45, 7) is 6.01. The van der Waals surface area contributed by atoms with Crippen LogP contribution in [0.15, 0.2) is 18.3 Å². The zero-order chi connectivity index (χ0) is 12.4. The fourth-order valence-corrected chi connectivity index (χ4v) is 2.61. The molecule has 0 unspecified atom stereocenters. The molecule has 2 heterocycles. The molecule has 0 bridgehead atoms. The highest BCUT2D eigenvalue weighted by atomic mass is 15.3. The number of pyridine rings is 1. The van der Waals surface area contributed by atoms with Crippen LogP contribution in [0.25, 0.3) is 0 Å². The van der Waals surface area contributed by atoms with Crippen LogP contribution in [0.3, 0.4) is 0 Å². The number of rotatable bonds is 4. The molecule has 1 saturated heterocycles. The predicted octanol–water partition coefficient (Wildman–Crippen LogP) is 1.66. The van der Waals surface area contributed by atoms with Gasteiger partial charge in [0, 0.05) is 57.7 Å². The maximum absolute atomic E-state index is 4.27. The SMILES string of the molecule is CNc1cc(N2CCN(CC3CC3)CC2)ccn1. The molecule has 2 aliphatic rings. The van der Waals surface area contributed by atoms with Gasteiger partial charge in [0.2, 0.25) is 0 Å². The molecule has 0 aromatic carbocycles. The Morgan fingerprint density at radius 2 is 2.06 bits per heavy atom. The van der Waals surface area contributed by atoms with Crippen LogP contribution in [0.4, 0.5) is 11.5 Å². The Hall–Kier alpha value is -1.29. The Morgan fingerprint density at radius 3 is 2.72 bits per heavy atom. The van der Waals surface area contributed by atoms with Crippen LogP contribution in [-0.4, -0.2) is 49.7 Å². The van der Waals surface area contributed by atoms with E-state index in [4.69, 9.17) is 0 Å². The molecule has 1 aliphatic carbocycles. The number of aromatic nitrogens is 1. The lowest BCUT2D eigenvalue weighted by molar-refractivity contribution is 0.248. The third-order valence-electron chi connectivity index (χ3n) is 3.95. The van der Waals surface area contributed by atoms with E-state index in [1.165, 1.54) is 38.2 Å². The third kappa shape index (κ3) is 2.75. The fraction of sp³-hybridized carbons (Fsp3) is 0.643. The summed E-state index contributed by atoms with van der Waals surface area (Å²) in [4.78, 5) is 9.35. The summed E-state index contributed by atoms with van der Waals surface area (Å²) in [7, 11) is 1.92. The smallest absolute Gasteiger partial charge is 0.127 e. The quantitative estimate of drug-likeness (QED) is 0.875. The summed E-state index contributed by atoms with van der Waals surface area (Å²) in [5.74, 6) is 1.96. The summed E-state index contributed by atoms with van der Waals surface area (Å²) in [5.41, 5.74) is 1.29. The van der Waals surface area contributed by atoms with E-state index in [9.17, 15) is 0 Å². The summed E-state index contributed by atoms with van der Waals surface area (Å²) in [6, 6.07) is 4.24. The van der Waals surface area contributed by atoms with Crippen molar-refractivity contribution in [3.63, 3.8) is 0 Å². The summed E-state index contributed by atoms with van der Waals surface area (Å²) >= 11 is 0. The van der Waals surface area contributed by atoms with Gasteiger partial charge >= 0.3 is 0 Å². The second-order valence-electron chi connectivity index (χ2n) is 5.38. The van der Waals surface area contributed by atoms with Crippen LogP contribution in [0, 0.1) is 5.92 Å². The van der Waals surface area contributed by atoms with Gasteiger partial charge < -0.3 is 10.2 Å². The fourth-order valence-electron chi connectivity index (χ4n) is 2.61. The Balaban J connectivity index is 1.57. The van der Waals surface area contributed by atoms with Gasteiger partial charge in [-0.2, -0.15) is 0 Å². The van der Waals surface area contributed by atoms with E-state index >= 15 is 0 Å². The first kappa shape index (κ1) is 11.8. The summed E-state index contributed by atoms with van der Waals surface area (Å²) < 4.78 is 0. The van der Waals surface area contributed by atoms with Crippen molar-refractivity contribution in [3.05, 3.63) is 18.3 Å². The van der Waals surface area contributed by atoms with Crippen molar-refractivity contribution in [2.45, 2.75) is 12.8 Å². The molecule has 4 nitrogen and oxygen atoms in total. The van der Waals surface area contributed by atoms with Crippen LogP contribution < -0.4 is 10.2 Å². The maximum atomic E-state index is 4.27. The van der Waals surface area contributed by atoms with E-state index in [0.29, 0.717) is 0 Å². The summed E-state index contributed by atoms with van der Waals surface area (Å²) in [6.07, 6.45) is 4.80. The van der Waals surface area contributed by atoms with Crippen molar-refractivity contribution >= 4 is 11.5 Å². The molecule has 1 saturated carbocycles. The van der Waals surface area contributed by atoms with Gasteiger partial charge in [-0.05, 0) is 24.8 Å². The molecule has 2 fully saturated rings. The van der Waals surface area contributed by atoms with Gasteiger partial charge in [-0.15, -0.1) is 0 Å². The number of hydrogen-bond acceptors (Lipinski definition) is 4. The molecular formula is C14H22N4. The molecule has 98 valence electrons. The second kappa shape index (κ2) is 5.14. The van der Waals surface area contributed by atoms with Gasteiger partial charge in [0.25, 0.3) is 0 Å². The number of anilines is 2. The highest BCUT2D eigenvalue weighted by Gasteiger charge is 2.26. The van der Waals surface area contributed by atoms with Gasteiger partial charge in [0.05, 0.1) is 0 Å². The predicted molar refractivity (Wildman–Crippen MR) is 75.2 cm³/mol. The average Bonchev–Trinajstić information content (AvgIpc) is 3.24. The highest BCUT2D eigenvalue weighted by molar-refractivity contribution is 5.53. The number of hydrogen-bond donors (Lipinski definition) is 1. The van der Waals surface area contributed by atoms with Gasteiger partial charge in [-0.3, -0.25) is 4.90 Å². The first-order valence-corrected chi connectivity index (χ1v) is 6.96. The van der Waals surface area contributed by atoms with E-state index in [0.717, 1.165) is 24.8 Å². The van der Waals surface area contributed by atoms with E-state index in [1.54, 1.807) is 0 Å². The van der Waals surface area contributed by atoms with Gasteiger partial charge in [-0.25, -0.2) is 4.98 Å². The zero-order valence-corrected chi connectivity index (χ0v) is 11.1. The van der Waals surface area contributed by atoms with E-state index in [1.807, 2.05) is 13.2 Å². The maximum Gasteiger partial charge on any atom is 0.127 e. The van der Waals surface area contributed by atoms with Crippen molar-refractivity contribution in [2.75, 3.05) is 50.0 Å². The Kier molecular flexibility index (Phi) is 3.37. The summed E-state index contributed by atoms with van der Waals surface area (Å²) in [5, 5.41) is 3.10. The Morgan fingerprint density at radius 1 is 1.28 bits per heavy atom. The van der Waals surface area contributed by atoms with Crippen molar-refractivity contribution in [1.29, 1.82) is 0 Å². The minimum atomic E-state index is 0.952. The Labute approximate surface area is 109 Å². The van der Waals surface area contributed by atoms with Gasteiger partial charge in [0.15, 0.2) is 0 Å². The number of piperazine rings is 1. The van der Waals surface area contributed by atoms with Crippen LogP contribution in [-0.2, 0) is 0 Å². The molecule has 0 atom stereocenters. The van der Waals surface area contributed by atoms with Crippen LogP contribution in [0.1, 0.15) is 12.8 Å². The van der Waals surface area contributed by atoms with Crippen LogP contribution >= 0.6 is 0 Å². The monoisotopic (exact) mass is 246 g/mol. The second-order valence-corrected chi connectivity index (χ2v) is 5.38. The first-order chi connectivity index (χ1) is 8.85. The molecule has 0 amide bonds. The first-order valence-electron chi connectivity index (χ1n) is 6.96. The standard InChI is InChI=1S/C14H22N4/c1-15-14-10-13(4-5-16-14)18-8-6-17(7-9-18)11-12-2-3-12/h4-5,10,12H,2-3,6-9,11H2,1H3,(H,15,16). The molecule has 1 aromatic heterocycles. The minimum Gasteiger partial charge on any atom is -0.373 e. The minimum absolute atomic E-state index is 0.952. The van der Waals surface area contributed by atoms with Crippen molar-refractivity contribution in [3.8, 4) is 0 Å².